The van der Waals surface area contributed by atoms with E-state index in [1.807, 2.05) is 66.7 Å². The van der Waals surface area contributed by atoms with E-state index < -0.39 is 5.91 Å². The van der Waals surface area contributed by atoms with Crippen LogP contribution in [-0.4, -0.2) is 5.91 Å². The van der Waals surface area contributed by atoms with Gasteiger partial charge in [-0.1, -0.05) is 42.5 Å². The molecule has 0 aliphatic carbocycles. The van der Waals surface area contributed by atoms with Crippen LogP contribution in [0.15, 0.2) is 81.2 Å². The van der Waals surface area contributed by atoms with E-state index in [0.717, 1.165) is 18.1 Å². The maximum Gasteiger partial charge on any atom is 0.266 e. The van der Waals surface area contributed by atoms with E-state index in [2.05, 4.69) is 59.8 Å². The first-order chi connectivity index (χ1) is 14.5. The molecule has 1 amide bonds. The molecule has 7 heteroatoms. The predicted octanol–water partition coefficient (Wildman–Crippen LogP) is 6.94. The highest BCUT2D eigenvalue weighted by Gasteiger charge is 2.13. The Morgan fingerprint density at radius 2 is 1.70 bits per heavy atom. The Labute approximate surface area is 205 Å². The predicted molar refractivity (Wildman–Crippen MR) is 134 cm³/mol. The smallest absolute Gasteiger partial charge is 0.266 e. The molecule has 3 rings (SSSR count). The molecule has 0 spiro atoms. The number of anilines is 1. The monoisotopic (exact) mass is 636 g/mol. The normalized spacial score (nSPS) is 10.9. The van der Waals surface area contributed by atoms with Crippen LogP contribution >= 0.6 is 54.5 Å². The lowest BCUT2D eigenvalue weighted by molar-refractivity contribution is -0.112. The van der Waals surface area contributed by atoms with Crippen molar-refractivity contribution in [1.29, 1.82) is 5.26 Å². The Kier molecular flexibility index (Phi) is 8.08. The van der Waals surface area contributed by atoms with Gasteiger partial charge >= 0.3 is 0 Å². The third-order valence-electron chi connectivity index (χ3n) is 4.04. The maximum atomic E-state index is 12.5. The first-order valence-electron chi connectivity index (χ1n) is 8.81. The minimum Gasteiger partial charge on any atom is -0.487 e. The van der Waals surface area contributed by atoms with Crippen molar-refractivity contribution in [3.8, 4) is 11.8 Å². The number of nitriles is 1. The number of para-hydroxylation sites is 1. The minimum atomic E-state index is -0.460. The highest BCUT2D eigenvalue weighted by Crippen LogP contribution is 2.36. The number of benzene rings is 3. The largest absolute Gasteiger partial charge is 0.487 e. The lowest BCUT2D eigenvalue weighted by Gasteiger charge is -2.12. The van der Waals surface area contributed by atoms with Gasteiger partial charge in [-0.3, -0.25) is 4.79 Å². The highest BCUT2D eigenvalue weighted by molar-refractivity contribution is 14.1. The minimum absolute atomic E-state index is 0.00593. The van der Waals surface area contributed by atoms with Gasteiger partial charge in [-0.2, -0.15) is 5.26 Å². The van der Waals surface area contributed by atoms with Gasteiger partial charge in [0.25, 0.3) is 5.91 Å². The Bertz CT molecular complexity index is 1120. The van der Waals surface area contributed by atoms with Crippen molar-refractivity contribution in [2.45, 2.75) is 6.61 Å². The van der Waals surface area contributed by atoms with Crippen LogP contribution in [0.25, 0.3) is 6.08 Å². The summed E-state index contributed by atoms with van der Waals surface area (Å²) in [6, 6.07) is 22.8. The van der Waals surface area contributed by atoms with Crippen molar-refractivity contribution in [3.63, 3.8) is 0 Å². The molecule has 4 nitrogen and oxygen atoms in total. The molecule has 0 radical (unpaired) electrons. The average Bonchev–Trinajstić information content (AvgIpc) is 2.73. The summed E-state index contributed by atoms with van der Waals surface area (Å²) in [5.41, 5.74) is 2.41. The van der Waals surface area contributed by atoms with Crippen LogP contribution in [0.5, 0.6) is 5.75 Å². The van der Waals surface area contributed by atoms with E-state index in [1.54, 1.807) is 12.1 Å². The van der Waals surface area contributed by atoms with Crippen LogP contribution in [0.4, 0.5) is 5.69 Å². The van der Waals surface area contributed by atoms with Crippen molar-refractivity contribution in [2.24, 2.45) is 0 Å². The maximum absolute atomic E-state index is 12.5. The second-order valence-electron chi connectivity index (χ2n) is 6.19. The van der Waals surface area contributed by atoms with Gasteiger partial charge in [0.15, 0.2) is 0 Å². The molecule has 30 heavy (non-hydrogen) atoms. The lowest BCUT2D eigenvalue weighted by Crippen LogP contribution is -2.14. The Balaban J connectivity index is 1.79. The Hall–Kier alpha value is -2.15. The van der Waals surface area contributed by atoms with E-state index in [9.17, 15) is 10.1 Å². The zero-order chi connectivity index (χ0) is 21.5. The van der Waals surface area contributed by atoms with Gasteiger partial charge in [0.05, 0.1) is 14.6 Å². The van der Waals surface area contributed by atoms with Crippen LogP contribution in [0.3, 0.4) is 0 Å². The summed E-state index contributed by atoms with van der Waals surface area (Å²) in [6.07, 6.45) is 1.54. The molecule has 1 N–H and O–H groups in total. The Morgan fingerprint density at radius 3 is 2.33 bits per heavy atom. The average molecular weight is 638 g/mol. The molecule has 0 aliphatic heterocycles. The zero-order valence-corrected chi connectivity index (χ0v) is 20.9. The number of hydrogen-bond donors (Lipinski definition) is 1. The van der Waals surface area contributed by atoms with Crippen molar-refractivity contribution in [1.82, 2.24) is 0 Å². The van der Waals surface area contributed by atoms with Gasteiger partial charge in [-0.25, -0.2) is 0 Å². The molecule has 0 saturated carbocycles. The number of hydrogen-bond acceptors (Lipinski definition) is 3. The second-order valence-corrected chi connectivity index (χ2v) is 9.06. The number of halogens is 3. The number of carbonyl (C=O) groups excluding carboxylic acids is 1. The first-order valence-corrected chi connectivity index (χ1v) is 11.5. The fraction of sp³-hybridized carbons (Fsp3) is 0.0435. The van der Waals surface area contributed by atoms with Crippen molar-refractivity contribution >= 4 is 72.1 Å². The summed E-state index contributed by atoms with van der Waals surface area (Å²) in [4.78, 5) is 12.5. The standard InChI is InChI=1S/C23H15Br2IN2O2/c24-18-11-16(12-19(25)22(18)30-14-15-6-2-1-3-7-15)10-17(13-27)23(29)28-21-9-5-4-8-20(21)26/h1-12H,14H2,(H,28,29). The van der Waals surface area contributed by atoms with Crippen LogP contribution in [0, 0.1) is 14.9 Å². The summed E-state index contributed by atoms with van der Waals surface area (Å²) in [5, 5.41) is 12.3. The molecule has 0 atom stereocenters. The molecular weight excluding hydrogens is 623 g/mol. The SMILES string of the molecule is N#CC(=Cc1cc(Br)c(OCc2ccccc2)c(Br)c1)C(=O)Nc1ccccc1I. The number of ether oxygens (including phenoxy) is 1. The van der Waals surface area contributed by atoms with E-state index >= 15 is 0 Å². The van der Waals surface area contributed by atoms with Gasteiger partial charge in [-0.15, -0.1) is 0 Å². The fourth-order valence-corrected chi connectivity index (χ4v) is 4.57. The number of carbonyl (C=O) groups is 1. The molecule has 3 aromatic carbocycles. The second kappa shape index (κ2) is 10.8. The molecule has 0 unspecified atom stereocenters. The highest BCUT2D eigenvalue weighted by atomic mass is 127. The van der Waals surface area contributed by atoms with Crippen molar-refractivity contribution in [3.05, 3.63) is 95.9 Å². The van der Waals surface area contributed by atoms with E-state index in [1.165, 1.54) is 0 Å². The summed E-state index contributed by atoms with van der Waals surface area (Å²) in [6.45, 7) is 0.425. The summed E-state index contributed by atoms with van der Waals surface area (Å²) < 4.78 is 8.25. The summed E-state index contributed by atoms with van der Waals surface area (Å²) >= 11 is 9.16. The van der Waals surface area contributed by atoms with Gasteiger partial charge in [-0.05, 0) is 95.9 Å². The molecule has 150 valence electrons. The number of nitrogens with one attached hydrogen (secondary N) is 1. The number of rotatable bonds is 6. The van der Waals surface area contributed by atoms with E-state index in [0.29, 0.717) is 23.6 Å². The molecule has 0 heterocycles. The van der Waals surface area contributed by atoms with E-state index in [-0.39, 0.29) is 5.57 Å². The topological polar surface area (TPSA) is 62.1 Å². The lowest BCUT2D eigenvalue weighted by atomic mass is 10.1. The molecule has 0 saturated heterocycles. The molecule has 0 aromatic heterocycles. The van der Waals surface area contributed by atoms with Crippen LogP contribution in [-0.2, 0) is 11.4 Å². The molecule has 0 bridgehead atoms. The van der Waals surface area contributed by atoms with Gasteiger partial charge < -0.3 is 10.1 Å². The zero-order valence-electron chi connectivity index (χ0n) is 15.5. The molecule has 0 aliphatic rings. The first kappa shape index (κ1) is 22.5. The van der Waals surface area contributed by atoms with Crippen molar-refractivity contribution in [2.75, 3.05) is 5.32 Å². The molecule has 0 fully saturated rings. The van der Waals surface area contributed by atoms with E-state index in [4.69, 9.17) is 4.74 Å². The number of nitrogens with zero attached hydrogens (tertiary/aromatic N) is 1. The summed E-state index contributed by atoms with van der Waals surface area (Å²) in [5.74, 6) is 0.191. The molecular formula is C23H15Br2IN2O2. The third-order valence-corrected chi connectivity index (χ3v) is 6.16. The quantitative estimate of drug-likeness (QED) is 0.181. The molecule has 3 aromatic rings. The van der Waals surface area contributed by atoms with Crippen LogP contribution in [0.1, 0.15) is 11.1 Å². The van der Waals surface area contributed by atoms with Gasteiger partial charge in [0.2, 0.25) is 0 Å². The third kappa shape index (κ3) is 5.94. The van der Waals surface area contributed by atoms with Crippen molar-refractivity contribution < 1.29 is 9.53 Å². The van der Waals surface area contributed by atoms with Crippen LogP contribution in [0.2, 0.25) is 0 Å². The number of amides is 1. The summed E-state index contributed by atoms with van der Waals surface area (Å²) in [7, 11) is 0. The van der Waals surface area contributed by atoms with Gasteiger partial charge in [0.1, 0.15) is 24.0 Å². The van der Waals surface area contributed by atoms with Gasteiger partial charge in [0, 0.05) is 3.57 Å². The Morgan fingerprint density at radius 1 is 1.07 bits per heavy atom. The van der Waals surface area contributed by atoms with Crippen LogP contribution < -0.4 is 10.1 Å². The fourth-order valence-electron chi connectivity index (χ4n) is 2.60.